The van der Waals surface area contributed by atoms with Crippen LogP contribution in [-0.4, -0.2) is 63.8 Å². The Morgan fingerprint density at radius 3 is 2.56 bits per heavy atom. The number of urea groups is 1. The van der Waals surface area contributed by atoms with E-state index in [4.69, 9.17) is 0 Å². The Labute approximate surface area is 163 Å². The Hall–Kier alpha value is -2.25. The van der Waals surface area contributed by atoms with Crippen molar-refractivity contribution in [3.05, 3.63) is 52.5 Å². The number of nitrogens with zero attached hydrogens (tertiary/aromatic N) is 4. The van der Waals surface area contributed by atoms with E-state index in [1.165, 1.54) is 4.90 Å². The predicted molar refractivity (Wildman–Crippen MR) is 104 cm³/mol. The third-order valence-electron chi connectivity index (χ3n) is 5.80. The van der Waals surface area contributed by atoms with Gasteiger partial charge < -0.3 is 4.90 Å². The number of rotatable bonds is 5. The third kappa shape index (κ3) is 3.37. The highest BCUT2D eigenvalue weighted by Gasteiger charge is 2.56. The number of thiazole rings is 1. The van der Waals surface area contributed by atoms with Crippen LogP contribution in [0.25, 0.3) is 0 Å². The summed E-state index contributed by atoms with van der Waals surface area (Å²) in [5, 5.41) is 3.08. The number of piperidine rings is 1. The van der Waals surface area contributed by atoms with Crippen molar-refractivity contribution in [1.29, 1.82) is 0 Å². The van der Waals surface area contributed by atoms with Crippen LogP contribution >= 0.6 is 11.3 Å². The number of carbonyl (C=O) groups is 2. The van der Waals surface area contributed by atoms with Gasteiger partial charge in [0.1, 0.15) is 10.5 Å². The Bertz CT molecular complexity index is 801. The first kappa shape index (κ1) is 18.1. The molecular formula is C20H24N4O2S. The normalized spacial score (nSPS) is 20.0. The van der Waals surface area contributed by atoms with Crippen LogP contribution in [0.1, 0.15) is 23.4 Å². The average Bonchev–Trinajstić information content (AvgIpc) is 3.26. The van der Waals surface area contributed by atoms with Crippen molar-refractivity contribution in [2.75, 3.05) is 26.7 Å². The summed E-state index contributed by atoms with van der Waals surface area (Å²) in [7, 11) is 1.78. The zero-order chi connectivity index (χ0) is 18.9. The maximum absolute atomic E-state index is 13.2. The lowest BCUT2D eigenvalue weighted by Crippen LogP contribution is -2.55. The maximum atomic E-state index is 13.2. The Morgan fingerprint density at radius 2 is 1.89 bits per heavy atom. The molecule has 6 nitrogen and oxygen atoms in total. The van der Waals surface area contributed by atoms with Crippen molar-refractivity contribution in [3.8, 4) is 0 Å². The minimum Gasteiger partial charge on any atom is -0.312 e. The molecule has 2 aliphatic rings. The number of hydrogen-bond donors (Lipinski definition) is 0. The molecule has 0 N–H and O–H groups in total. The molecule has 2 fully saturated rings. The number of imide groups is 1. The van der Waals surface area contributed by atoms with Gasteiger partial charge in [-0.1, -0.05) is 30.3 Å². The van der Waals surface area contributed by atoms with E-state index in [0.717, 1.165) is 30.2 Å². The number of hydrogen-bond acceptors (Lipinski definition) is 5. The fourth-order valence-electron chi connectivity index (χ4n) is 4.08. The molecule has 0 unspecified atom stereocenters. The van der Waals surface area contributed by atoms with Crippen LogP contribution in [-0.2, 0) is 17.8 Å². The number of carbonyl (C=O) groups excluding carboxylic acids is 2. The molecule has 0 bridgehead atoms. The van der Waals surface area contributed by atoms with E-state index in [9.17, 15) is 9.59 Å². The van der Waals surface area contributed by atoms with E-state index in [1.807, 2.05) is 41.9 Å². The van der Waals surface area contributed by atoms with Gasteiger partial charge in [0.15, 0.2) is 0 Å². The molecule has 1 spiro atoms. The fraction of sp³-hybridized carbons (Fsp3) is 0.450. The molecule has 2 saturated heterocycles. The van der Waals surface area contributed by atoms with Crippen LogP contribution < -0.4 is 0 Å². The van der Waals surface area contributed by atoms with Gasteiger partial charge in [-0.2, -0.15) is 0 Å². The molecule has 0 radical (unpaired) electrons. The molecule has 0 saturated carbocycles. The highest BCUT2D eigenvalue weighted by molar-refractivity contribution is 7.09. The van der Waals surface area contributed by atoms with Crippen molar-refractivity contribution in [2.24, 2.45) is 0 Å². The van der Waals surface area contributed by atoms with Gasteiger partial charge in [0.2, 0.25) is 0 Å². The summed E-state index contributed by atoms with van der Waals surface area (Å²) in [6.45, 7) is 2.86. The summed E-state index contributed by atoms with van der Waals surface area (Å²) >= 11 is 1.65. The number of amides is 3. The van der Waals surface area contributed by atoms with Crippen LogP contribution in [0, 0.1) is 0 Å². The monoisotopic (exact) mass is 384 g/mol. The Balaban J connectivity index is 1.41. The minimum absolute atomic E-state index is 0.0279. The van der Waals surface area contributed by atoms with E-state index >= 15 is 0 Å². The van der Waals surface area contributed by atoms with Gasteiger partial charge in [-0.25, -0.2) is 9.78 Å². The molecule has 0 aliphatic carbocycles. The molecule has 2 aromatic rings. The number of benzene rings is 1. The van der Waals surface area contributed by atoms with Gasteiger partial charge in [-0.15, -0.1) is 11.3 Å². The number of aromatic nitrogens is 1. The molecule has 7 heteroatoms. The molecule has 3 heterocycles. The third-order valence-corrected chi connectivity index (χ3v) is 6.56. The summed E-state index contributed by atoms with van der Waals surface area (Å²) in [5.41, 5.74) is 0.465. The summed E-state index contributed by atoms with van der Waals surface area (Å²) in [4.78, 5) is 35.7. The molecule has 1 aromatic carbocycles. The second-order valence-electron chi connectivity index (χ2n) is 7.27. The number of likely N-dealkylation sites (N-methyl/N-ethyl adjacent to an activating group) is 1. The van der Waals surface area contributed by atoms with Gasteiger partial charge >= 0.3 is 6.03 Å². The van der Waals surface area contributed by atoms with Crippen LogP contribution in [0.3, 0.4) is 0 Å². The quantitative estimate of drug-likeness (QED) is 0.744. The van der Waals surface area contributed by atoms with Crippen molar-refractivity contribution < 1.29 is 9.59 Å². The Morgan fingerprint density at radius 1 is 1.15 bits per heavy atom. The van der Waals surface area contributed by atoms with Crippen molar-refractivity contribution in [3.63, 3.8) is 0 Å². The summed E-state index contributed by atoms with van der Waals surface area (Å²) in [6.07, 6.45) is 3.88. The summed E-state index contributed by atoms with van der Waals surface area (Å²) < 4.78 is 0. The van der Waals surface area contributed by atoms with Gasteiger partial charge in [0, 0.05) is 38.3 Å². The topological polar surface area (TPSA) is 56.8 Å². The minimum atomic E-state index is -0.673. The highest BCUT2D eigenvalue weighted by Crippen LogP contribution is 2.36. The first-order chi connectivity index (χ1) is 13.1. The maximum Gasteiger partial charge on any atom is 0.327 e. The lowest BCUT2D eigenvalue weighted by atomic mass is 9.86. The fourth-order valence-corrected chi connectivity index (χ4v) is 4.74. The first-order valence-electron chi connectivity index (χ1n) is 9.34. The smallest absolute Gasteiger partial charge is 0.312 e. The van der Waals surface area contributed by atoms with Crippen molar-refractivity contribution in [1.82, 2.24) is 19.7 Å². The van der Waals surface area contributed by atoms with Gasteiger partial charge in [0.25, 0.3) is 5.91 Å². The van der Waals surface area contributed by atoms with Crippen LogP contribution in [0.5, 0.6) is 0 Å². The van der Waals surface area contributed by atoms with Gasteiger partial charge in [-0.05, 0) is 24.8 Å². The summed E-state index contributed by atoms with van der Waals surface area (Å²) in [6, 6.07) is 9.83. The number of likely N-dealkylation sites (tertiary alicyclic amines) is 1. The van der Waals surface area contributed by atoms with Crippen molar-refractivity contribution >= 4 is 23.3 Å². The standard InChI is InChI=1S/C20H24N4O2S/c1-22-19(26)24(11-7-16-5-3-2-4-6-16)18(25)20(22)8-12-23(13-9-20)15-17-21-10-14-27-17/h2-6,10,14H,7-9,11-13,15H2,1H3. The lowest BCUT2D eigenvalue weighted by Gasteiger charge is -2.40. The lowest BCUT2D eigenvalue weighted by molar-refractivity contribution is -0.135. The molecular weight excluding hydrogens is 360 g/mol. The van der Waals surface area contributed by atoms with Crippen molar-refractivity contribution in [2.45, 2.75) is 31.3 Å². The predicted octanol–water partition coefficient (Wildman–Crippen LogP) is 2.61. The second kappa shape index (κ2) is 7.40. The van der Waals surface area contributed by atoms with Crippen LogP contribution in [0.4, 0.5) is 4.79 Å². The molecule has 2 aliphatic heterocycles. The van der Waals surface area contributed by atoms with E-state index in [2.05, 4.69) is 9.88 Å². The van der Waals surface area contributed by atoms with E-state index in [1.54, 1.807) is 23.3 Å². The van der Waals surface area contributed by atoms with Crippen LogP contribution in [0.2, 0.25) is 0 Å². The molecule has 0 atom stereocenters. The Kier molecular flexibility index (Phi) is 4.97. The molecule has 4 rings (SSSR count). The summed E-state index contributed by atoms with van der Waals surface area (Å²) in [5.74, 6) is -0.0279. The first-order valence-corrected chi connectivity index (χ1v) is 10.2. The van der Waals surface area contributed by atoms with E-state index < -0.39 is 5.54 Å². The van der Waals surface area contributed by atoms with Crippen LogP contribution in [0.15, 0.2) is 41.9 Å². The molecule has 3 amide bonds. The molecule has 1 aromatic heterocycles. The molecule has 27 heavy (non-hydrogen) atoms. The highest BCUT2D eigenvalue weighted by atomic mass is 32.1. The SMILES string of the molecule is CN1C(=O)N(CCc2ccccc2)C(=O)C12CCN(Cc1nccs1)CC2. The second-order valence-corrected chi connectivity index (χ2v) is 8.25. The van der Waals surface area contributed by atoms with E-state index in [0.29, 0.717) is 25.8 Å². The zero-order valence-electron chi connectivity index (χ0n) is 15.5. The average molecular weight is 385 g/mol. The van der Waals surface area contributed by atoms with Gasteiger partial charge in [-0.3, -0.25) is 14.6 Å². The largest absolute Gasteiger partial charge is 0.327 e. The van der Waals surface area contributed by atoms with E-state index in [-0.39, 0.29) is 11.9 Å². The zero-order valence-corrected chi connectivity index (χ0v) is 16.3. The molecule has 142 valence electrons. The van der Waals surface area contributed by atoms with Gasteiger partial charge in [0.05, 0.1) is 6.54 Å².